The van der Waals surface area contributed by atoms with Crippen molar-refractivity contribution >= 4 is 17.4 Å². The van der Waals surface area contributed by atoms with Crippen molar-refractivity contribution in [2.75, 3.05) is 0 Å². The van der Waals surface area contributed by atoms with Crippen LogP contribution in [0, 0.1) is 10.1 Å². The topological polar surface area (TPSA) is 121 Å². The van der Waals surface area contributed by atoms with Crippen LogP contribution >= 0.6 is 0 Å². The Morgan fingerprint density at radius 1 is 0.903 bits per heavy atom. The monoisotopic (exact) mass is 412 g/mol. The summed E-state index contributed by atoms with van der Waals surface area (Å²) in [5, 5.41) is 15.6. The highest BCUT2D eigenvalue weighted by Gasteiger charge is 2.29. The minimum atomic E-state index is -0.874. The third-order valence-electron chi connectivity index (χ3n) is 4.71. The second kappa shape index (κ2) is 8.03. The molecule has 0 aliphatic carbocycles. The van der Waals surface area contributed by atoms with Crippen LogP contribution in [0.1, 0.15) is 26.4 Å². The van der Waals surface area contributed by atoms with E-state index in [4.69, 9.17) is 5.73 Å². The molecule has 1 heterocycles. The lowest BCUT2D eigenvalue weighted by Crippen LogP contribution is -2.16. The molecule has 0 radical (unpaired) electrons. The number of nitrogens with two attached hydrogens (primary N) is 1. The number of carbonyl (C=O) groups is 2. The summed E-state index contributed by atoms with van der Waals surface area (Å²) in [6.45, 7) is 0. The van der Waals surface area contributed by atoms with Crippen LogP contribution in [0.4, 0.5) is 5.69 Å². The predicted octanol–water partition coefficient (Wildman–Crippen LogP) is 3.78. The first-order valence-electron chi connectivity index (χ1n) is 9.30. The summed E-state index contributed by atoms with van der Waals surface area (Å²) in [6.07, 6.45) is 0. The second-order valence-corrected chi connectivity index (χ2v) is 6.69. The average molecular weight is 412 g/mol. The molecule has 2 N–H and O–H groups in total. The predicted molar refractivity (Wildman–Crippen MR) is 114 cm³/mol. The smallest absolute Gasteiger partial charge is 0.271 e. The van der Waals surface area contributed by atoms with Crippen molar-refractivity contribution in [3.63, 3.8) is 0 Å². The molecule has 8 heteroatoms. The number of nitrogens with zero attached hydrogens (tertiary/aromatic N) is 3. The molecular formula is C23H16N4O4. The molecule has 3 aromatic carbocycles. The highest BCUT2D eigenvalue weighted by atomic mass is 16.6. The molecule has 152 valence electrons. The van der Waals surface area contributed by atoms with Gasteiger partial charge in [-0.3, -0.25) is 19.7 Å². The van der Waals surface area contributed by atoms with Gasteiger partial charge in [-0.1, -0.05) is 66.7 Å². The molecule has 31 heavy (non-hydrogen) atoms. The number of rotatable bonds is 6. The third kappa shape index (κ3) is 3.69. The summed E-state index contributed by atoms with van der Waals surface area (Å²) in [5.41, 5.74) is 6.86. The van der Waals surface area contributed by atoms with Gasteiger partial charge in [-0.15, -0.1) is 0 Å². The number of nitro benzene ring substituents is 1. The molecule has 0 aliphatic rings. The molecule has 4 rings (SSSR count). The summed E-state index contributed by atoms with van der Waals surface area (Å²) < 4.78 is 1.35. The summed E-state index contributed by atoms with van der Waals surface area (Å²) in [6, 6.07) is 23.1. The highest BCUT2D eigenvalue weighted by molar-refractivity contribution is 6.17. The molecular weight excluding hydrogens is 396 g/mol. The Kier molecular flexibility index (Phi) is 5.11. The van der Waals surface area contributed by atoms with Gasteiger partial charge in [-0.25, -0.2) is 4.68 Å². The van der Waals surface area contributed by atoms with E-state index < -0.39 is 16.6 Å². The lowest BCUT2D eigenvalue weighted by molar-refractivity contribution is -0.384. The molecule has 4 aromatic rings. The quantitative estimate of drug-likeness (QED) is 0.293. The largest absolute Gasteiger partial charge is 0.364 e. The lowest BCUT2D eigenvalue weighted by atomic mass is 9.97. The van der Waals surface area contributed by atoms with Gasteiger partial charge in [0.15, 0.2) is 11.5 Å². The Labute approximate surface area is 176 Å². The second-order valence-electron chi connectivity index (χ2n) is 6.69. The van der Waals surface area contributed by atoms with Crippen molar-refractivity contribution in [1.82, 2.24) is 9.78 Å². The standard InChI is InChI=1S/C23H16N4O4/c24-23(29)20-19(22(28)16-10-5-2-6-11-16)21(15-8-3-1-4-9-15)26(25-20)17-12-7-13-18(14-17)27(30)31/h1-14H,(H2,24,29). The van der Waals surface area contributed by atoms with Crippen molar-refractivity contribution < 1.29 is 14.5 Å². The van der Waals surface area contributed by atoms with Crippen LogP contribution < -0.4 is 5.73 Å². The number of hydrogen-bond acceptors (Lipinski definition) is 5. The SMILES string of the molecule is NC(=O)c1nn(-c2cccc([N+](=O)[O-])c2)c(-c2ccccc2)c1C(=O)c1ccccc1. The number of nitro groups is 1. The van der Waals surface area contributed by atoms with Crippen molar-refractivity contribution in [2.24, 2.45) is 5.73 Å². The number of hydrogen-bond donors (Lipinski definition) is 1. The van der Waals surface area contributed by atoms with Crippen molar-refractivity contribution in [3.05, 3.63) is 112 Å². The zero-order chi connectivity index (χ0) is 22.0. The fourth-order valence-electron chi connectivity index (χ4n) is 3.33. The molecule has 0 spiro atoms. The van der Waals surface area contributed by atoms with Crippen LogP contribution in [0.15, 0.2) is 84.9 Å². The fourth-order valence-corrected chi connectivity index (χ4v) is 3.33. The summed E-state index contributed by atoms with van der Waals surface area (Å²) in [7, 11) is 0. The maximum absolute atomic E-state index is 13.4. The number of ketones is 1. The van der Waals surface area contributed by atoms with E-state index in [9.17, 15) is 19.7 Å². The summed E-state index contributed by atoms with van der Waals surface area (Å²) >= 11 is 0. The van der Waals surface area contributed by atoms with E-state index in [1.54, 1.807) is 60.7 Å². The first kappa shape index (κ1) is 19.7. The zero-order valence-electron chi connectivity index (χ0n) is 16.1. The molecule has 0 atom stereocenters. The molecule has 0 aliphatic heterocycles. The van der Waals surface area contributed by atoms with Gasteiger partial charge < -0.3 is 5.73 Å². The van der Waals surface area contributed by atoms with E-state index in [1.807, 2.05) is 6.07 Å². The summed E-state index contributed by atoms with van der Waals surface area (Å²) in [4.78, 5) is 36.4. The number of non-ortho nitro benzene ring substituents is 1. The van der Waals surface area contributed by atoms with Crippen LogP contribution in [-0.2, 0) is 0 Å². The van der Waals surface area contributed by atoms with E-state index in [1.165, 1.54) is 22.9 Å². The number of aromatic nitrogens is 2. The maximum atomic E-state index is 13.4. The Hall–Kier alpha value is -4.59. The summed E-state index contributed by atoms with van der Waals surface area (Å²) in [5.74, 6) is -1.30. The van der Waals surface area contributed by atoms with Crippen LogP contribution in [0.5, 0.6) is 0 Å². The molecule has 1 amide bonds. The highest BCUT2D eigenvalue weighted by Crippen LogP contribution is 2.32. The number of primary amides is 1. The van der Waals surface area contributed by atoms with Crippen molar-refractivity contribution in [1.29, 1.82) is 0 Å². The Morgan fingerprint density at radius 3 is 2.16 bits per heavy atom. The molecule has 8 nitrogen and oxygen atoms in total. The van der Waals surface area contributed by atoms with Gasteiger partial charge in [0, 0.05) is 23.3 Å². The fraction of sp³-hybridized carbons (Fsp3) is 0. The first-order valence-corrected chi connectivity index (χ1v) is 9.30. The molecule has 0 bridgehead atoms. The molecule has 0 saturated heterocycles. The minimum Gasteiger partial charge on any atom is -0.364 e. The Balaban J connectivity index is 2.05. The normalized spacial score (nSPS) is 10.6. The van der Waals surface area contributed by atoms with Gasteiger partial charge in [0.05, 0.1) is 21.9 Å². The Morgan fingerprint density at radius 2 is 1.55 bits per heavy atom. The number of benzene rings is 3. The van der Waals surface area contributed by atoms with Crippen LogP contribution in [0.3, 0.4) is 0 Å². The van der Waals surface area contributed by atoms with E-state index in [0.717, 1.165) is 0 Å². The van der Waals surface area contributed by atoms with Gasteiger partial charge >= 0.3 is 0 Å². The van der Waals surface area contributed by atoms with E-state index in [0.29, 0.717) is 22.5 Å². The third-order valence-corrected chi connectivity index (χ3v) is 4.71. The molecule has 0 fully saturated rings. The van der Waals surface area contributed by atoms with Gasteiger partial charge in [0.2, 0.25) is 0 Å². The van der Waals surface area contributed by atoms with Gasteiger partial charge in [-0.2, -0.15) is 5.10 Å². The maximum Gasteiger partial charge on any atom is 0.271 e. The van der Waals surface area contributed by atoms with E-state index in [-0.39, 0.29) is 16.9 Å². The van der Waals surface area contributed by atoms with Crippen molar-refractivity contribution in [2.45, 2.75) is 0 Å². The minimum absolute atomic E-state index is 0.0383. The van der Waals surface area contributed by atoms with Gasteiger partial charge in [-0.05, 0) is 6.07 Å². The van der Waals surface area contributed by atoms with Gasteiger partial charge in [0.25, 0.3) is 11.6 Å². The Bertz CT molecular complexity index is 1300. The van der Waals surface area contributed by atoms with Crippen LogP contribution in [0.2, 0.25) is 0 Å². The number of amides is 1. The molecule has 0 unspecified atom stereocenters. The zero-order valence-corrected chi connectivity index (χ0v) is 16.1. The van der Waals surface area contributed by atoms with Crippen LogP contribution in [0.25, 0.3) is 16.9 Å². The molecule has 0 saturated carbocycles. The lowest BCUT2D eigenvalue weighted by Gasteiger charge is -2.10. The molecule has 1 aromatic heterocycles. The average Bonchev–Trinajstić information content (AvgIpc) is 3.21. The van der Waals surface area contributed by atoms with E-state index >= 15 is 0 Å². The first-order chi connectivity index (χ1) is 15.0. The number of carbonyl (C=O) groups excluding carboxylic acids is 2. The van der Waals surface area contributed by atoms with Crippen molar-refractivity contribution in [3.8, 4) is 16.9 Å². The van der Waals surface area contributed by atoms with Crippen LogP contribution in [-0.4, -0.2) is 26.4 Å². The van der Waals surface area contributed by atoms with Gasteiger partial charge in [0.1, 0.15) is 0 Å². The van der Waals surface area contributed by atoms with E-state index in [2.05, 4.69) is 5.10 Å².